The van der Waals surface area contributed by atoms with Gasteiger partial charge in [-0.2, -0.15) is 5.10 Å². The molecule has 2 aromatic heterocycles. The van der Waals surface area contributed by atoms with Crippen molar-refractivity contribution >= 4 is 35.0 Å². The summed E-state index contributed by atoms with van der Waals surface area (Å²) < 4.78 is 1.53. The molecule has 0 saturated carbocycles. The van der Waals surface area contributed by atoms with E-state index in [1.807, 2.05) is 0 Å². The Balaban J connectivity index is 1.73. The molecule has 4 N–H and O–H groups in total. The van der Waals surface area contributed by atoms with Crippen molar-refractivity contribution in [2.75, 3.05) is 11.1 Å². The Morgan fingerprint density at radius 3 is 2.73 bits per heavy atom. The van der Waals surface area contributed by atoms with E-state index in [2.05, 4.69) is 20.4 Å². The van der Waals surface area contributed by atoms with Crippen molar-refractivity contribution in [1.29, 1.82) is 0 Å². The Morgan fingerprint density at radius 1 is 1.23 bits per heavy atom. The number of anilines is 2. The number of hydrogen-bond donors (Lipinski definition) is 3. The van der Waals surface area contributed by atoms with Gasteiger partial charge in [0, 0.05) is 23.6 Å². The number of benzene rings is 1. The Labute approximate surface area is 152 Å². The summed E-state index contributed by atoms with van der Waals surface area (Å²) in [6, 6.07) is 4.52. The molecule has 9 nitrogen and oxygen atoms in total. The van der Waals surface area contributed by atoms with Crippen molar-refractivity contribution in [3.8, 4) is 0 Å². The van der Waals surface area contributed by atoms with Crippen LogP contribution >= 0.6 is 11.6 Å². The lowest BCUT2D eigenvalue weighted by atomic mass is 10.1. The summed E-state index contributed by atoms with van der Waals surface area (Å²) in [6.07, 6.45) is 5.80. The second-order valence-electron chi connectivity index (χ2n) is 5.32. The number of carbonyl (C=O) groups excluding carboxylic acids is 1. The van der Waals surface area contributed by atoms with Gasteiger partial charge in [-0.05, 0) is 23.8 Å². The molecule has 0 aliphatic rings. The Morgan fingerprint density at radius 2 is 2.00 bits per heavy atom. The SMILES string of the molecule is Nc1nccnc1C(=O)Nc1cnn(Cc2cc(Cl)cc(C(=O)O)c2)c1. The van der Waals surface area contributed by atoms with Gasteiger partial charge in [-0.3, -0.25) is 9.48 Å². The van der Waals surface area contributed by atoms with Gasteiger partial charge in [-0.1, -0.05) is 11.6 Å². The van der Waals surface area contributed by atoms with Crippen LogP contribution in [0, 0.1) is 0 Å². The number of carbonyl (C=O) groups is 2. The highest BCUT2D eigenvalue weighted by Gasteiger charge is 2.13. The summed E-state index contributed by atoms with van der Waals surface area (Å²) in [4.78, 5) is 30.9. The number of nitrogen functional groups attached to an aromatic ring is 1. The predicted octanol–water partition coefficient (Wildman–Crippen LogP) is 1.91. The Kier molecular flexibility index (Phi) is 4.81. The van der Waals surface area contributed by atoms with E-state index in [0.29, 0.717) is 16.3 Å². The monoisotopic (exact) mass is 372 g/mol. The summed E-state index contributed by atoms with van der Waals surface area (Å²) in [5, 5.41) is 16.2. The van der Waals surface area contributed by atoms with Crippen molar-refractivity contribution in [3.05, 3.63) is 64.8 Å². The number of aromatic carboxylic acids is 1. The third-order valence-corrected chi connectivity index (χ3v) is 3.60. The molecule has 0 spiro atoms. The molecule has 0 aliphatic carbocycles. The predicted molar refractivity (Wildman–Crippen MR) is 94.1 cm³/mol. The van der Waals surface area contributed by atoms with Crippen LogP contribution in [-0.2, 0) is 6.54 Å². The smallest absolute Gasteiger partial charge is 0.335 e. The molecule has 1 amide bonds. The van der Waals surface area contributed by atoms with Crippen molar-refractivity contribution in [1.82, 2.24) is 19.7 Å². The number of rotatable bonds is 5. The number of nitrogens with one attached hydrogen (secondary N) is 1. The fourth-order valence-corrected chi connectivity index (χ4v) is 2.54. The van der Waals surface area contributed by atoms with Crippen LogP contribution < -0.4 is 11.1 Å². The lowest BCUT2D eigenvalue weighted by Gasteiger charge is -2.05. The summed E-state index contributed by atoms with van der Waals surface area (Å²) in [6.45, 7) is 0.282. The van der Waals surface area contributed by atoms with Gasteiger partial charge in [-0.25, -0.2) is 14.8 Å². The number of nitrogens with zero attached hydrogens (tertiary/aromatic N) is 4. The molecule has 0 radical (unpaired) electrons. The second kappa shape index (κ2) is 7.19. The van der Waals surface area contributed by atoms with Crippen LogP contribution in [0.1, 0.15) is 26.4 Å². The van der Waals surface area contributed by atoms with Crippen LogP contribution in [0.5, 0.6) is 0 Å². The molecule has 3 rings (SSSR count). The van der Waals surface area contributed by atoms with Gasteiger partial charge in [0.1, 0.15) is 0 Å². The minimum Gasteiger partial charge on any atom is -0.478 e. The normalized spacial score (nSPS) is 10.5. The first-order valence-corrected chi connectivity index (χ1v) is 7.73. The zero-order valence-electron chi connectivity index (χ0n) is 13.3. The van der Waals surface area contributed by atoms with Crippen LogP contribution in [0.3, 0.4) is 0 Å². The maximum atomic E-state index is 12.2. The van der Waals surface area contributed by atoms with E-state index in [1.54, 1.807) is 12.3 Å². The maximum absolute atomic E-state index is 12.2. The molecule has 0 aliphatic heterocycles. The molecule has 0 atom stereocenters. The van der Waals surface area contributed by atoms with Crippen LogP contribution in [0.25, 0.3) is 0 Å². The summed E-state index contributed by atoms with van der Waals surface area (Å²) >= 11 is 5.94. The highest BCUT2D eigenvalue weighted by atomic mass is 35.5. The van der Waals surface area contributed by atoms with E-state index in [-0.39, 0.29) is 23.6 Å². The lowest BCUT2D eigenvalue weighted by molar-refractivity contribution is 0.0696. The fraction of sp³-hybridized carbons (Fsp3) is 0.0625. The number of aromatic nitrogens is 4. The third-order valence-electron chi connectivity index (χ3n) is 3.38. The molecule has 2 heterocycles. The molecule has 1 aromatic carbocycles. The summed E-state index contributed by atoms with van der Waals surface area (Å²) in [5.74, 6) is -1.55. The number of carboxylic acids is 1. The highest BCUT2D eigenvalue weighted by Crippen LogP contribution is 2.17. The van der Waals surface area contributed by atoms with Crippen molar-refractivity contribution in [3.63, 3.8) is 0 Å². The molecule has 132 valence electrons. The largest absolute Gasteiger partial charge is 0.478 e. The average molecular weight is 373 g/mol. The van der Waals surface area contributed by atoms with Crippen molar-refractivity contribution < 1.29 is 14.7 Å². The topological polar surface area (TPSA) is 136 Å². The van der Waals surface area contributed by atoms with Gasteiger partial charge in [0.25, 0.3) is 5.91 Å². The first kappa shape index (κ1) is 17.4. The van der Waals surface area contributed by atoms with E-state index in [4.69, 9.17) is 22.4 Å². The van der Waals surface area contributed by atoms with Gasteiger partial charge in [0.15, 0.2) is 11.5 Å². The average Bonchev–Trinajstić information content (AvgIpc) is 3.01. The van der Waals surface area contributed by atoms with E-state index < -0.39 is 11.9 Å². The molecule has 26 heavy (non-hydrogen) atoms. The molecule has 0 bridgehead atoms. The van der Waals surface area contributed by atoms with E-state index in [9.17, 15) is 9.59 Å². The summed E-state index contributed by atoms with van der Waals surface area (Å²) in [5.41, 5.74) is 6.82. The maximum Gasteiger partial charge on any atom is 0.335 e. The first-order chi connectivity index (χ1) is 12.4. The second-order valence-corrected chi connectivity index (χ2v) is 5.76. The van der Waals surface area contributed by atoms with Crippen LogP contribution in [0.2, 0.25) is 5.02 Å². The fourth-order valence-electron chi connectivity index (χ4n) is 2.28. The van der Waals surface area contributed by atoms with Gasteiger partial charge < -0.3 is 16.2 Å². The summed E-state index contributed by atoms with van der Waals surface area (Å²) in [7, 11) is 0. The third kappa shape index (κ3) is 3.95. The van der Waals surface area contributed by atoms with Crippen molar-refractivity contribution in [2.24, 2.45) is 0 Å². The zero-order valence-corrected chi connectivity index (χ0v) is 14.0. The standard InChI is InChI=1S/C16H13ClN6O3/c17-11-4-9(3-10(5-11)16(25)26)7-23-8-12(6-21-23)22-15(24)13-14(18)20-2-1-19-13/h1-6,8H,7H2,(H2,18,20)(H,22,24)(H,25,26). The van der Waals surface area contributed by atoms with Gasteiger partial charge >= 0.3 is 5.97 Å². The van der Waals surface area contributed by atoms with Gasteiger partial charge in [-0.15, -0.1) is 0 Å². The molecule has 0 unspecified atom stereocenters. The van der Waals surface area contributed by atoms with E-state index in [1.165, 1.54) is 35.4 Å². The quantitative estimate of drug-likeness (QED) is 0.622. The van der Waals surface area contributed by atoms with Crippen LogP contribution in [-0.4, -0.2) is 36.7 Å². The zero-order chi connectivity index (χ0) is 18.7. The number of nitrogens with two attached hydrogens (primary N) is 1. The molecule has 3 aromatic rings. The molecular formula is C16H13ClN6O3. The molecule has 10 heteroatoms. The van der Waals surface area contributed by atoms with Gasteiger partial charge in [0.2, 0.25) is 0 Å². The minimum absolute atomic E-state index is 0.0150. The van der Waals surface area contributed by atoms with Crippen LogP contribution in [0.15, 0.2) is 43.0 Å². The van der Waals surface area contributed by atoms with Crippen LogP contribution in [0.4, 0.5) is 11.5 Å². The number of amides is 1. The number of halogens is 1. The number of carboxylic acid groups (broad SMARTS) is 1. The Bertz CT molecular complexity index is 988. The first-order valence-electron chi connectivity index (χ1n) is 7.35. The molecule has 0 fully saturated rings. The minimum atomic E-state index is -1.07. The molecular weight excluding hydrogens is 360 g/mol. The highest BCUT2D eigenvalue weighted by molar-refractivity contribution is 6.31. The number of hydrogen-bond acceptors (Lipinski definition) is 6. The van der Waals surface area contributed by atoms with Crippen molar-refractivity contribution in [2.45, 2.75) is 6.54 Å². The lowest BCUT2D eigenvalue weighted by Crippen LogP contribution is -2.16. The van der Waals surface area contributed by atoms with E-state index >= 15 is 0 Å². The Hall–Kier alpha value is -3.46. The molecule has 0 saturated heterocycles. The van der Waals surface area contributed by atoms with E-state index in [0.717, 1.165) is 0 Å². The van der Waals surface area contributed by atoms with Gasteiger partial charge in [0.05, 0.1) is 24.0 Å².